The SMILES string of the molecule is NCc1ccc2nc(C(=O)Nc3ccc(-n4ccc(=O)[nH]4)cc3)cn2c1. The second-order valence-electron chi connectivity index (χ2n) is 5.80. The predicted molar refractivity (Wildman–Crippen MR) is 97.4 cm³/mol. The molecule has 130 valence electrons. The Morgan fingerprint density at radius 2 is 1.92 bits per heavy atom. The number of benzene rings is 1. The van der Waals surface area contributed by atoms with Gasteiger partial charge in [0.1, 0.15) is 11.3 Å². The van der Waals surface area contributed by atoms with Crippen molar-refractivity contribution in [2.24, 2.45) is 5.73 Å². The molecule has 8 heteroatoms. The molecule has 1 amide bonds. The number of hydrogen-bond donors (Lipinski definition) is 3. The second-order valence-corrected chi connectivity index (χ2v) is 5.80. The largest absolute Gasteiger partial charge is 0.326 e. The van der Waals surface area contributed by atoms with Gasteiger partial charge < -0.3 is 15.5 Å². The Hall–Kier alpha value is -3.65. The Morgan fingerprint density at radius 1 is 1.12 bits per heavy atom. The van der Waals surface area contributed by atoms with Crippen LogP contribution in [-0.4, -0.2) is 25.1 Å². The molecule has 0 atom stereocenters. The first-order valence-electron chi connectivity index (χ1n) is 7.99. The number of carbonyl (C=O) groups is 1. The Bertz CT molecular complexity index is 1140. The average molecular weight is 348 g/mol. The van der Waals surface area contributed by atoms with Crippen molar-refractivity contribution < 1.29 is 4.79 Å². The summed E-state index contributed by atoms with van der Waals surface area (Å²) in [6.45, 7) is 0.425. The lowest BCUT2D eigenvalue weighted by Crippen LogP contribution is -2.12. The molecule has 4 aromatic rings. The number of carbonyl (C=O) groups excluding carboxylic acids is 1. The van der Waals surface area contributed by atoms with Gasteiger partial charge in [-0.3, -0.25) is 19.4 Å². The van der Waals surface area contributed by atoms with Crippen molar-refractivity contribution >= 4 is 17.2 Å². The molecule has 0 spiro atoms. The van der Waals surface area contributed by atoms with Gasteiger partial charge in [-0.05, 0) is 35.9 Å². The molecule has 1 aromatic carbocycles. The minimum atomic E-state index is -0.301. The third-order valence-electron chi connectivity index (χ3n) is 3.99. The minimum Gasteiger partial charge on any atom is -0.326 e. The molecule has 0 fully saturated rings. The fourth-order valence-corrected chi connectivity index (χ4v) is 2.65. The summed E-state index contributed by atoms with van der Waals surface area (Å²) in [6, 6.07) is 12.3. The van der Waals surface area contributed by atoms with Crippen LogP contribution in [0.25, 0.3) is 11.3 Å². The maximum absolute atomic E-state index is 12.4. The van der Waals surface area contributed by atoms with Gasteiger partial charge in [0.15, 0.2) is 0 Å². The zero-order valence-corrected chi connectivity index (χ0v) is 13.7. The first-order valence-corrected chi connectivity index (χ1v) is 7.99. The number of hydrogen-bond acceptors (Lipinski definition) is 4. The quantitative estimate of drug-likeness (QED) is 0.519. The molecule has 4 N–H and O–H groups in total. The molecular formula is C18H16N6O2. The number of fused-ring (bicyclic) bond motifs is 1. The van der Waals surface area contributed by atoms with Crippen LogP contribution in [0.1, 0.15) is 16.1 Å². The van der Waals surface area contributed by atoms with Gasteiger partial charge in [0, 0.05) is 36.9 Å². The molecule has 8 nitrogen and oxygen atoms in total. The molecule has 0 radical (unpaired) electrons. The summed E-state index contributed by atoms with van der Waals surface area (Å²) >= 11 is 0. The van der Waals surface area contributed by atoms with Crippen LogP contribution < -0.4 is 16.6 Å². The summed E-state index contributed by atoms with van der Waals surface area (Å²) < 4.78 is 3.38. The molecule has 0 unspecified atom stereocenters. The number of amides is 1. The molecule has 0 bridgehead atoms. The Kier molecular flexibility index (Phi) is 3.86. The van der Waals surface area contributed by atoms with E-state index in [2.05, 4.69) is 15.4 Å². The van der Waals surface area contributed by atoms with Crippen molar-refractivity contribution in [1.82, 2.24) is 19.2 Å². The number of H-pyrrole nitrogens is 1. The highest BCUT2D eigenvalue weighted by molar-refractivity contribution is 6.03. The van der Waals surface area contributed by atoms with Crippen LogP contribution in [0.4, 0.5) is 5.69 Å². The first kappa shape index (κ1) is 15.9. The Balaban J connectivity index is 1.53. The third-order valence-corrected chi connectivity index (χ3v) is 3.99. The van der Waals surface area contributed by atoms with Gasteiger partial charge in [0.2, 0.25) is 0 Å². The van der Waals surface area contributed by atoms with E-state index in [1.165, 1.54) is 6.07 Å². The monoisotopic (exact) mass is 348 g/mol. The fraction of sp³-hybridized carbons (Fsp3) is 0.0556. The number of anilines is 1. The van der Waals surface area contributed by atoms with Crippen LogP contribution in [0.15, 0.2) is 65.8 Å². The van der Waals surface area contributed by atoms with Gasteiger partial charge in [-0.1, -0.05) is 6.07 Å². The van der Waals surface area contributed by atoms with Crippen LogP contribution in [0.2, 0.25) is 0 Å². The van der Waals surface area contributed by atoms with E-state index < -0.39 is 0 Å². The number of imidazole rings is 1. The first-order chi connectivity index (χ1) is 12.6. The summed E-state index contributed by atoms with van der Waals surface area (Å²) in [4.78, 5) is 27.9. The lowest BCUT2D eigenvalue weighted by molar-refractivity contribution is 0.102. The minimum absolute atomic E-state index is 0.174. The van der Waals surface area contributed by atoms with Crippen LogP contribution >= 0.6 is 0 Å². The van der Waals surface area contributed by atoms with Crippen molar-refractivity contribution in [2.45, 2.75) is 6.54 Å². The standard InChI is InChI=1S/C18H16N6O2/c19-9-12-1-6-16-21-15(11-23(16)10-12)18(26)20-13-2-4-14(5-3-13)24-8-7-17(25)22-24/h1-8,10-11H,9,19H2,(H,20,26)(H,22,25). The molecule has 0 aliphatic carbocycles. The molecule has 0 saturated carbocycles. The molecule has 0 aliphatic rings. The highest BCUT2D eigenvalue weighted by Crippen LogP contribution is 2.14. The third kappa shape index (κ3) is 3.01. The summed E-state index contributed by atoms with van der Waals surface area (Å²) in [5.41, 5.74) is 8.83. The Labute approximate surface area is 147 Å². The van der Waals surface area contributed by atoms with E-state index in [0.29, 0.717) is 23.6 Å². The van der Waals surface area contributed by atoms with Crippen molar-refractivity contribution in [2.75, 3.05) is 5.32 Å². The zero-order chi connectivity index (χ0) is 18.1. The normalized spacial score (nSPS) is 11.0. The summed E-state index contributed by atoms with van der Waals surface area (Å²) in [6.07, 6.45) is 5.16. The van der Waals surface area contributed by atoms with E-state index in [-0.39, 0.29) is 11.5 Å². The molecule has 0 aliphatic heterocycles. The highest BCUT2D eigenvalue weighted by Gasteiger charge is 2.11. The van der Waals surface area contributed by atoms with E-state index in [9.17, 15) is 9.59 Å². The number of pyridine rings is 1. The number of nitrogens with zero attached hydrogens (tertiary/aromatic N) is 3. The number of aromatic amines is 1. The van der Waals surface area contributed by atoms with Crippen LogP contribution in [-0.2, 0) is 6.54 Å². The highest BCUT2D eigenvalue weighted by atomic mass is 16.2. The van der Waals surface area contributed by atoms with E-state index in [1.807, 2.05) is 18.3 Å². The maximum Gasteiger partial charge on any atom is 0.275 e. The van der Waals surface area contributed by atoms with Gasteiger partial charge in [-0.2, -0.15) is 0 Å². The second kappa shape index (κ2) is 6.34. The zero-order valence-electron chi connectivity index (χ0n) is 13.7. The van der Waals surface area contributed by atoms with Gasteiger partial charge in [-0.25, -0.2) is 4.98 Å². The smallest absolute Gasteiger partial charge is 0.275 e. The van der Waals surface area contributed by atoms with E-state index in [4.69, 9.17) is 5.73 Å². The molecular weight excluding hydrogens is 332 g/mol. The number of aromatic nitrogens is 4. The van der Waals surface area contributed by atoms with Gasteiger partial charge in [0.25, 0.3) is 11.5 Å². The summed E-state index contributed by atoms with van der Waals surface area (Å²) in [5, 5.41) is 5.47. The van der Waals surface area contributed by atoms with E-state index >= 15 is 0 Å². The molecule has 0 saturated heterocycles. The van der Waals surface area contributed by atoms with Crippen molar-refractivity contribution in [1.29, 1.82) is 0 Å². The molecule has 3 heterocycles. The van der Waals surface area contributed by atoms with Crippen LogP contribution in [0, 0.1) is 0 Å². The summed E-state index contributed by atoms with van der Waals surface area (Å²) in [7, 11) is 0. The lowest BCUT2D eigenvalue weighted by atomic mass is 10.2. The fourth-order valence-electron chi connectivity index (χ4n) is 2.65. The lowest BCUT2D eigenvalue weighted by Gasteiger charge is -2.05. The van der Waals surface area contributed by atoms with Crippen LogP contribution in [0.3, 0.4) is 0 Å². The molecule has 3 aromatic heterocycles. The topological polar surface area (TPSA) is 110 Å². The average Bonchev–Trinajstić information content (AvgIpc) is 3.27. The van der Waals surface area contributed by atoms with Gasteiger partial charge >= 0.3 is 0 Å². The van der Waals surface area contributed by atoms with E-state index in [1.54, 1.807) is 45.7 Å². The predicted octanol–water partition coefficient (Wildman–Crippen LogP) is 1.52. The van der Waals surface area contributed by atoms with Crippen LogP contribution in [0.5, 0.6) is 0 Å². The number of nitrogens with two attached hydrogens (primary N) is 1. The van der Waals surface area contributed by atoms with Crippen molar-refractivity contribution in [3.05, 3.63) is 82.7 Å². The number of nitrogens with one attached hydrogen (secondary N) is 2. The van der Waals surface area contributed by atoms with Crippen molar-refractivity contribution in [3.63, 3.8) is 0 Å². The van der Waals surface area contributed by atoms with Gasteiger partial charge in [0.05, 0.1) is 5.69 Å². The van der Waals surface area contributed by atoms with E-state index in [0.717, 1.165) is 11.3 Å². The maximum atomic E-state index is 12.4. The Morgan fingerprint density at radius 3 is 2.62 bits per heavy atom. The molecule has 26 heavy (non-hydrogen) atoms. The van der Waals surface area contributed by atoms with Gasteiger partial charge in [-0.15, -0.1) is 0 Å². The van der Waals surface area contributed by atoms with Crippen molar-refractivity contribution in [3.8, 4) is 5.69 Å². The number of rotatable bonds is 4. The molecule has 4 rings (SSSR count). The summed E-state index contributed by atoms with van der Waals surface area (Å²) in [5.74, 6) is -0.301.